The Morgan fingerprint density at radius 2 is 1.03 bits per heavy atom. The van der Waals surface area contributed by atoms with E-state index in [0.717, 1.165) is 126 Å². The monoisotopic (exact) mass is 845 g/mol. The fraction of sp³-hybridized carbons (Fsp3) is 0.667. The Morgan fingerprint density at radius 3 is 1.39 bits per heavy atom. The molecule has 5 aliphatic rings. The van der Waals surface area contributed by atoms with Crippen molar-refractivity contribution in [3.05, 3.63) is 59.7 Å². The molecule has 2 aromatic rings. The number of likely N-dealkylation sites (tertiary alicyclic amines) is 2. The summed E-state index contributed by atoms with van der Waals surface area (Å²) < 4.78 is 16.6. The van der Waals surface area contributed by atoms with Crippen LogP contribution < -0.4 is 15.1 Å². The molecule has 2 aromatic carbocycles. The Morgan fingerprint density at radius 1 is 0.639 bits per heavy atom. The van der Waals surface area contributed by atoms with Crippen LogP contribution in [0.15, 0.2) is 53.5 Å². The molecule has 13 heteroatoms. The molecular weight excluding hydrogens is 773 g/mol. The summed E-state index contributed by atoms with van der Waals surface area (Å²) in [5.74, 6) is 3.50. The Bertz CT molecular complexity index is 1740. The third-order valence-corrected chi connectivity index (χ3v) is 12.8. The smallest absolute Gasteiger partial charge is 0.410 e. The van der Waals surface area contributed by atoms with E-state index in [4.69, 9.17) is 19.3 Å². The summed E-state index contributed by atoms with van der Waals surface area (Å²) in [4.78, 5) is 49.6. The fourth-order valence-corrected chi connectivity index (χ4v) is 9.44. The Labute approximate surface area is 364 Å². The molecule has 4 fully saturated rings. The van der Waals surface area contributed by atoms with Crippen molar-refractivity contribution in [1.82, 2.24) is 15.1 Å². The van der Waals surface area contributed by atoms with Crippen LogP contribution in [0.2, 0.25) is 0 Å². The van der Waals surface area contributed by atoms with E-state index in [2.05, 4.69) is 44.4 Å². The SMILES string of the molecule is CC(C)(C)OC(=O)N1CCC(C2CCN(c3ccc(C(=O)NCCO)cc3)CC2)CC1.CC(C)(C)OC(=O)N1CCC(C2CCN(c3ccc(C4=NCCO4)cc3)CC2)CC1. The van der Waals surface area contributed by atoms with Crippen molar-refractivity contribution in [3.63, 3.8) is 0 Å². The molecule has 336 valence electrons. The Hall–Kier alpha value is -4.52. The van der Waals surface area contributed by atoms with Gasteiger partial charge in [-0.25, -0.2) is 14.6 Å². The van der Waals surface area contributed by atoms with Crippen molar-refractivity contribution >= 4 is 35.4 Å². The van der Waals surface area contributed by atoms with Gasteiger partial charge >= 0.3 is 12.2 Å². The molecule has 0 atom stereocenters. The summed E-state index contributed by atoms with van der Waals surface area (Å²) in [6.07, 6.45) is 8.75. The number of anilines is 2. The van der Waals surface area contributed by atoms with Crippen LogP contribution in [0.1, 0.15) is 109 Å². The second kappa shape index (κ2) is 21.0. The first-order valence-corrected chi connectivity index (χ1v) is 22.9. The number of benzene rings is 2. The third kappa shape index (κ3) is 13.5. The van der Waals surface area contributed by atoms with Gasteiger partial charge in [-0.05, 0) is 165 Å². The van der Waals surface area contributed by atoms with Crippen LogP contribution in [0, 0.1) is 23.7 Å². The predicted octanol–water partition coefficient (Wildman–Crippen LogP) is 7.60. The second-order valence-electron chi connectivity index (χ2n) is 19.4. The molecule has 0 unspecified atom stereocenters. The predicted molar refractivity (Wildman–Crippen MR) is 241 cm³/mol. The van der Waals surface area contributed by atoms with Gasteiger partial charge in [0.25, 0.3) is 5.91 Å². The van der Waals surface area contributed by atoms with Crippen molar-refractivity contribution in [2.24, 2.45) is 28.7 Å². The van der Waals surface area contributed by atoms with Gasteiger partial charge in [0, 0.05) is 81.4 Å². The van der Waals surface area contributed by atoms with E-state index in [-0.39, 0.29) is 31.2 Å². The molecule has 61 heavy (non-hydrogen) atoms. The van der Waals surface area contributed by atoms with Gasteiger partial charge in [0.1, 0.15) is 17.8 Å². The number of hydrogen-bond donors (Lipinski definition) is 2. The molecule has 4 saturated heterocycles. The number of hydrogen-bond acceptors (Lipinski definition) is 10. The minimum Gasteiger partial charge on any atom is -0.476 e. The number of ether oxygens (including phenoxy) is 3. The van der Waals surface area contributed by atoms with E-state index >= 15 is 0 Å². The van der Waals surface area contributed by atoms with Crippen LogP contribution in [0.4, 0.5) is 21.0 Å². The molecular formula is C48H72N6O7. The van der Waals surface area contributed by atoms with Crippen molar-refractivity contribution in [2.45, 2.75) is 104 Å². The Kier molecular flexibility index (Phi) is 15.9. The zero-order valence-corrected chi connectivity index (χ0v) is 37.7. The summed E-state index contributed by atoms with van der Waals surface area (Å²) in [7, 11) is 0. The number of nitrogens with zero attached hydrogens (tertiary/aromatic N) is 5. The topological polar surface area (TPSA) is 136 Å². The highest BCUT2D eigenvalue weighted by molar-refractivity contribution is 5.95. The lowest BCUT2D eigenvalue weighted by molar-refractivity contribution is 0.0142. The maximum absolute atomic E-state index is 12.3. The van der Waals surface area contributed by atoms with E-state index in [1.54, 1.807) is 0 Å². The summed E-state index contributed by atoms with van der Waals surface area (Å²) in [5.41, 5.74) is 3.26. The zero-order valence-electron chi connectivity index (χ0n) is 37.7. The average molecular weight is 845 g/mol. The van der Waals surface area contributed by atoms with Gasteiger partial charge in [-0.2, -0.15) is 0 Å². The number of aliphatic imine (C=N–C) groups is 1. The minimum atomic E-state index is -0.442. The molecule has 0 aromatic heterocycles. The van der Waals surface area contributed by atoms with Crippen molar-refractivity contribution in [1.29, 1.82) is 0 Å². The Balaban J connectivity index is 0.000000204. The van der Waals surface area contributed by atoms with E-state index in [0.29, 0.717) is 24.0 Å². The first kappa shape index (κ1) is 46.0. The quantitative estimate of drug-likeness (QED) is 0.276. The molecule has 13 nitrogen and oxygen atoms in total. The van der Waals surface area contributed by atoms with Crippen LogP contribution in [-0.4, -0.2) is 129 Å². The first-order valence-electron chi connectivity index (χ1n) is 22.9. The number of amides is 3. The highest BCUT2D eigenvalue weighted by Gasteiger charge is 2.34. The van der Waals surface area contributed by atoms with E-state index in [9.17, 15) is 14.4 Å². The molecule has 5 aliphatic heterocycles. The molecule has 3 amide bonds. The van der Waals surface area contributed by atoms with Crippen LogP contribution >= 0.6 is 0 Å². The molecule has 0 saturated carbocycles. The average Bonchev–Trinajstić information content (AvgIpc) is 3.81. The summed E-state index contributed by atoms with van der Waals surface area (Å²) in [5, 5.41) is 11.5. The highest BCUT2D eigenvalue weighted by atomic mass is 16.6. The largest absolute Gasteiger partial charge is 0.476 e. The summed E-state index contributed by atoms with van der Waals surface area (Å²) >= 11 is 0. The molecule has 0 spiro atoms. The second-order valence-corrected chi connectivity index (χ2v) is 19.4. The number of rotatable bonds is 8. The van der Waals surface area contributed by atoms with Gasteiger partial charge in [-0.3, -0.25) is 4.79 Å². The molecule has 0 radical (unpaired) electrons. The van der Waals surface area contributed by atoms with Gasteiger partial charge in [-0.1, -0.05) is 0 Å². The van der Waals surface area contributed by atoms with Crippen LogP contribution in [0.3, 0.4) is 0 Å². The van der Waals surface area contributed by atoms with E-state index in [1.165, 1.54) is 18.5 Å². The molecule has 5 heterocycles. The number of aliphatic hydroxyl groups is 1. The van der Waals surface area contributed by atoms with Gasteiger partial charge < -0.3 is 44.2 Å². The van der Waals surface area contributed by atoms with Gasteiger partial charge in [0.15, 0.2) is 0 Å². The zero-order chi connectivity index (χ0) is 43.6. The summed E-state index contributed by atoms with van der Waals surface area (Å²) in [6.45, 7) is 20.7. The number of nitrogens with one attached hydrogen (secondary N) is 1. The third-order valence-electron chi connectivity index (χ3n) is 12.8. The van der Waals surface area contributed by atoms with Crippen LogP contribution in [0.25, 0.3) is 0 Å². The molecule has 0 bridgehead atoms. The lowest BCUT2D eigenvalue weighted by Crippen LogP contribution is -2.44. The highest BCUT2D eigenvalue weighted by Crippen LogP contribution is 2.36. The maximum atomic E-state index is 12.3. The van der Waals surface area contributed by atoms with E-state index in [1.807, 2.05) is 75.6 Å². The number of piperidine rings is 4. The van der Waals surface area contributed by atoms with Gasteiger partial charge in [0.05, 0.1) is 13.2 Å². The lowest BCUT2D eigenvalue weighted by atomic mass is 9.79. The fourth-order valence-electron chi connectivity index (χ4n) is 9.44. The van der Waals surface area contributed by atoms with Crippen molar-refractivity contribution in [2.75, 3.05) is 88.5 Å². The van der Waals surface area contributed by atoms with Crippen LogP contribution in [0.5, 0.6) is 0 Å². The number of aliphatic hydroxyl groups excluding tert-OH is 1. The van der Waals surface area contributed by atoms with E-state index < -0.39 is 11.2 Å². The molecule has 0 aliphatic carbocycles. The number of carbonyl (C=O) groups excluding carboxylic acids is 3. The van der Waals surface area contributed by atoms with Crippen LogP contribution in [-0.2, 0) is 14.2 Å². The normalized spacial score (nSPS) is 20.0. The van der Waals surface area contributed by atoms with Gasteiger partial charge in [-0.15, -0.1) is 0 Å². The lowest BCUT2D eigenvalue weighted by Gasteiger charge is -2.41. The first-order chi connectivity index (χ1) is 29.2. The number of carbonyl (C=O) groups is 3. The molecule has 2 N–H and O–H groups in total. The minimum absolute atomic E-state index is 0.0567. The van der Waals surface area contributed by atoms with Crippen molar-refractivity contribution < 1.29 is 33.7 Å². The summed E-state index contributed by atoms with van der Waals surface area (Å²) in [6, 6.07) is 16.3. The van der Waals surface area contributed by atoms with Gasteiger partial charge in [0.2, 0.25) is 5.90 Å². The van der Waals surface area contributed by atoms with Crippen molar-refractivity contribution in [3.8, 4) is 0 Å². The standard InChI is InChI=1S/C24H37N3O4.C24H35N3O3/c1-24(2,3)31-23(30)27-15-10-19(11-16-27)18-8-13-26(14-9-18)21-6-4-20(5-7-21)22(29)25-12-17-28;1-24(2,3)30-23(28)27-15-10-19(11-16-27)18-8-13-26(14-9-18)21-6-4-20(5-7-21)22-25-12-17-29-22/h4-7,18-19,28H,8-17H2,1-3H3,(H,25,29);4-7,18-19H,8-17H2,1-3H3. The maximum Gasteiger partial charge on any atom is 0.410 e. The molecule has 7 rings (SSSR count).